The van der Waals surface area contributed by atoms with E-state index in [0.29, 0.717) is 6.04 Å². The first-order valence-electron chi connectivity index (χ1n) is 5.19. The second kappa shape index (κ2) is 3.88. The van der Waals surface area contributed by atoms with Crippen LogP contribution in [0.5, 0.6) is 0 Å². The number of nitro benzene ring substituents is 1. The summed E-state index contributed by atoms with van der Waals surface area (Å²) in [5.41, 5.74) is 1.25. The summed E-state index contributed by atoms with van der Waals surface area (Å²) in [5, 5.41) is 10.5. The molecule has 15 heavy (non-hydrogen) atoms. The van der Waals surface area contributed by atoms with Gasteiger partial charge in [0.1, 0.15) is 0 Å². The third kappa shape index (κ3) is 1.93. The zero-order chi connectivity index (χ0) is 10.8. The second-order valence-corrected chi connectivity index (χ2v) is 3.96. The third-order valence-corrected chi connectivity index (χ3v) is 2.95. The fourth-order valence-corrected chi connectivity index (χ4v) is 2.08. The molecule has 1 heterocycles. The molecule has 80 valence electrons. The van der Waals surface area contributed by atoms with E-state index < -0.39 is 0 Å². The molecule has 1 aliphatic rings. The zero-order valence-corrected chi connectivity index (χ0v) is 8.72. The van der Waals surface area contributed by atoms with E-state index >= 15 is 0 Å². The van der Waals surface area contributed by atoms with Crippen molar-refractivity contribution in [2.45, 2.75) is 25.8 Å². The maximum Gasteiger partial charge on any atom is 0.269 e. The summed E-state index contributed by atoms with van der Waals surface area (Å²) in [7, 11) is 0. The van der Waals surface area contributed by atoms with Crippen molar-refractivity contribution in [2.24, 2.45) is 0 Å². The van der Waals surface area contributed by atoms with Gasteiger partial charge in [0.05, 0.1) is 4.92 Å². The van der Waals surface area contributed by atoms with Crippen LogP contribution in [0.4, 0.5) is 11.4 Å². The van der Waals surface area contributed by atoms with E-state index in [1.165, 1.54) is 12.8 Å². The van der Waals surface area contributed by atoms with Gasteiger partial charge in [-0.2, -0.15) is 0 Å². The van der Waals surface area contributed by atoms with Crippen LogP contribution >= 0.6 is 0 Å². The largest absolute Gasteiger partial charge is 0.369 e. The Labute approximate surface area is 88.7 Å². The molecule has 1 aromatic carbocycles. The molecule has 0 radical (unpaired) electrons. The Hall–Kier alpha value is -1.58. The molecule has 0 bridgehead atoms. The van der Waals surface area contributed by atoms with Crippen LogP contribution in [-0.2, 0) is 0 Å². The maximum atomic E-state index is 10.5. The molecule has 1 aliphatic heterocycles. The lowest BCUT2D eigenvalue weighted by Crippen LogP contribution is -2.25. The lowest BCUT2D eigenvalue weighted by molar-refractivity contribution is -0.384. The maximum absolute atomic E-state index is 10.5. The second-order valence-electron chi connectivity index (χ2n) is 3.96. The summed E-state index contributed by atoms with van der Waals surface area (Å²) in [6.07, 6.45) is 2.41. The van der Waals surface area contributed by atoms with Crippen molar-refractivity contribution in [1.82, 2.24) is 0 Å². The lowest BCUT2D eigenvalue weighted by Gasteiger charge is -2.23. The van der Waals surface area contributed by atoms with Gasteiger partial charge >= 0.3 is 0 Å². The Morgan fingerprint density at radius 3 is 2.53 bits per heavy atom. The van der Waals surface area contributed by atoms with Crippen molar-refractivity contribution < 1.29 is 4.92 Å². The van der Waals surface area contributed by atoms with Gasteiger partial charge in [0.2, 0.25) is 0 Å². The Morgan fingerprint density at radius 2 is 2.07 bits per heavy atom. The van der Waals surface area contributed by atoms with E-state index in [2.05, 4.69) is 11.8 Å². The molecule has 0 unspecified atom stereocenters. The SMILES string of the molecule is C[C@H]1CCCN1c1ccc([N+](=O)[O-])cc1. The van der Waals surface area contributed by atoms with Crippen molar-refractivity contribution in [1.29, 1.82) is 0 Å². The van der Waals surface area contributed by atoms with E-state index in [4.69, 9.17) is 0 Å². The molecule has 2 rings (SSSR count). The molecule has 0 spiro atoms. The minimum atomic E-state index is -0.364. The van der Waals surface area contributed by atoms with Crippen LogP contribution in [0.2, 0.25) is 0 Å². The van der Waals surface area contributed by atoms with Crippen molar-refractivity contribution in [3.05, 3.63) is 34.4 Å². The van der Waals surface area contributed by atoms with Crippen LogP contribution in [0.1, 0.15) is 19.8 Å². The third-order valence-electron chi connectivity index (χ3n) is 2.95. The van der Waals surface area contributed by atoms with Gasteiger partial charge in [0, 0.05) is 30.4 Å². The van der Waals surface area contributed by atoms with Crippen LogP contribution in [0.15, 0.2) is 24.3 Å². The molecule has 1 fully saturated rings. The molecule has 1 atom stereocenters. The quantitative estimate of drug-likeness (QED) is 0.552. The minimum absolute atomic E-state index is 0.158. The van der Waals surface area contributed by atoms with Gasteiger partial charge in [-0.3, -0.25) is 10.1 Å². The van der Waals surface area contributed by atoms with Gasteiger partial charge in [-0.15, -0.1) is 0 Å². The highest BCUT2D eigenvalue weighted by atomic mass is 16.6. The summed E-state index contributed by atoms with van der Waals surface area (Å²) >= 11 is 0. The first-order valence-corrected chi connectivity index (χ1v) is 5.19. The lowest BCUT2D eigenvalue weighted by atomic mass is 10.2. The predicted molar refractivity (Wildman–Crippen MR) is 59.1 cm³/mol. The standard InChI is InChI=1S/C11H14N2O2/c1-9-3-2-8-12(9)10-4-6-11(7-5-10)13(14)15/h4-7,9H,2-3,8H2,1H3/t9-/m0/s1. The Bertz CT molecular complexity index is 361. The number of hydrogen-bond acceptors (Lipinski definition) is 3. The predicted octanol–water partition coefficient (Wildman–Crippen LogP) is 2.58. The van der Waals surface area contributed by atoms with Crippen molar-refractivity contribution in [3.63, 3.8) is 0 Å². The summed E-state index contributed by atoms with van der Waals surface area (Å²) < 4.78 is 0. The number of rotatable bonds is 2. The molecule has 0 aliphatic carbocycles. The highest BCUT2D eigenvalue weighted by Crippen LogP contribution is 2.26. The Kier molecular flexibility index (Phi) is 2.58. The van der Waals surface area contributed by atoms with Gasteiger partial charge in [-0.25, -0.2) is 0 Å². The topological polar surface area (TPSA) is 46.4 Å². The number of nitrogens with zero attached hydrogens (tertiary/aromatic N) is 2. The first kappa shape index (κ1) is 9.96. The fourth-order valence-electron chi connectivity index (χ4n) is 2.08. The van der Waals surface area contributed by atoms with Crippen molar-refractivity contribution in [3.8, 4) is 0 Å². The average molecular weight is 206 g/mol. The molecule has 0 N–H and O–H groups in total. The summed E-state index contributed by atoms with van der Waals surface area (Å²) in [6, 6.07) is 7.35. The number of hydrogen-bond donors (Lipinski definition) is 0. The number of benzene rings is 1. The van der Waals surface area contributed by atoms with Crippen molar-refractivity contribution in [2.75, 3.05) is 11.4 Å². The van der Waals surface area contributed by atoms with Gasteiger partial charge < -0.3 is 4.90 Å². The Morgan fingerprint density at radius 1 is 1.40 bits per heavy atom. The number of non-ortho nitro benzene ring substituents is 1. The van der Waals surface area contributed by atoms with Gasteiger partial charge in [0.15, 0.2) is 0 Å². The summed E-state index contributed by atoms with van der Waals surface area (Å²) in [4.78, 5) is 12.4. The summed E-state index contributed by atoms with van der Waals surface area (Å²) in [6.45, 7) is 3.24. The van der Waals surface area contributed by atoms with Crippen molar-refractivity contribution >= 4 is 11.4 Å². The Balaban J connectivity index is 2.19. The van der Waals surface area contributed by atoms with E-state index in [1.54, 1.807) is 12.1 Å². The molecule has 4 nitrogen and oxygen atoms in total. The van der Waals surface area contributed by atoms with Gasteiger partial charge in [-0.1, -0.05) is 0 Å². The molecular weight excluding hydrogens is 192 g/mol. The molecule has 1 saturated heterocycles. The molecule has 0 aromatic heterocycles. The van der Waals surface area contributed by atoms with E-state index in [1.807, 2.05) is 12.1 Å². The normalized spacial score (nSPS) is 20.6. The highest BCUT2D eigenvalue weighted by Gasteiger charge is 2.20. The first-order chi connectivity index (χ1) is 7.18. The van der Waals surface area contributed by atoms with E-state index in [9.17, 15) is 10.1 Å². The van der Waals surface area contributed by atoms with Crippen LogP contribution in [0.25, 0.3) is 0 Å². The summed E-state index contributed by atoms with van der Waals surface area (Å²) in [5.74, 6) is 0. The van der Waals surface area contributed by atoms with E-state index in [0.717, 1.165) is 12.2 Å². The van der Waals surface area contributed by atoms with Crippen LogP contribution in [0, 0.1) is 10.1 Å². The zero-order valence-electron chi connectivity index (χ0n) is 8.72. The monoisotopic (exact) mass is 206 g/mol. The van der Waals surface area contributed by atoms with Gasteiger partial charge in [0.25, 0.3) is 5.69 Å². The molecule has 1 aromatic rings. The van der Waals surface area contributed by atoms with Crippen LogP contribution in [0.3, 0.4) is 0 Å². The molecule has 0 saturated carbocycles. The fraction of sp³-hybridized carbons (Fsp3) is 0.455. The van der Waals surface area contributed by atoms with Crippen LogP contribution < -0.4 is 4.90 Å². The van der Waals surface area contributed by atoms with E-state index in [-0.39, 0.29) is 10.6 Å². The van der Waals surface area contributed by atoms with Crippen LogP contribution in [-0.4, -0.2) is 17.5 Å². The number of nitro groups is 1. The smallest absolute Gasteiger partial charge is 0.269 e. The molecule has 4 heteroatoms. The average Bonchev–Trinajstić information content (AvgIpc) is 2.65. The number of anilines is 1. The minimum Gasteiger partial charge on any atom is -0.369 e. The molecular formula is C11H14N2O2. The highest BCUT2D eigenvalue weighted by molar-refractivity contribution is 5.52. The molecule has 0 amide bonds. The van der Waals surface area contributed by atoms with Gasteiger partial charge in [-0.05, 0) is 31.9 Å².